The molecule has 0 radical (unpaired) electrons. The van der Waals surface area contributed by atoms with Gasteiger partial charge in [-0.05, 0) is 12.2 Å². The third-order valence-corrected chi connectivity index (χ3v) is 1.68. The molecule has 0 fully saturated rings. The normalized spacial score (nSPS) is 11.8. The lowest BCUT2D eigenvalue weighted by Crippen LogP contribution is -2.25. The van der Waals surface area contributed by atoms with E-state index in [0.717, 1.165) is 0 Å². The second kappa shape index (κ2) is 9.48. The van der Waals surface area contributed by atoms with Crippen molar-refractivity contribution in [2.24, 2.45) is 11.5 Å². The van der Waals surface area contributed by atoms with Gasteiger partial charge in [-0.25, -0.2) is 0 Å². The van der Waals surface area contributed by atoms with Gasteiger partial charge in [0, 0.05) is 19.7 Å². The SMILES string of the molecule is CN(C)C(=CC=C(C#N)CC(N)=O)C(N)=O.O=S(=O)(O)O. The fourth-order valence-electron chi connectivity index (χ4n) is 0.955. The average molecular weight is 320 g/mol. The Morgan fingerprint density at radius 3 is 1.90 bits per heavy atom. The van der Waals surface area contributed by atoms with Gasteiger partial charge in [0.25, 0.3) is 5.91 Å². The van der Waals surface area contributed by atoms with E-state index in [9.17, 15) is 9.59 Å². The van der Waals surface area contributed by atoms with Crippen molar-refractivity contribution in [2.75, 3.05) is 14.1 Å². The molecule has 0 aliphatic carbocycles. The number of nitriles is 1. The summed E-state index contributed by atoms with van der Waals surface area (Å²) in [7, 11) is -1.38. The summed E-state index contributed by atoms with van der Waals surface area (Å²) < 4.78 is 31.6. The van der Waals surface area contributed by atoms with Crippen molar-refractivity contribution in [1.82, 2.24) is 4.90 Å². The minimum Gasteiger partial charge on any atom is -0.373 e. The van der Waals surface area contributed by atoms with E-state index in [1.54, 1.807) is 14.1 Å². The number of hydrogen-bond donors (Lipinski definition) is 4. The zero-order chi connectivity index (χ0) is 17.2. The number of rotatable bonds is 5. The first-order valence-corrected chi connectivity index (χ1v) is 6.54. The van der Waals surface area contributed by atoms with E-state index in [-0.39, 0.29) is 17.7 Å². The summed E-state index contributed by atoms with van der Waals surface area (Å²) in [5.74, 6) is -1.22. The lowest BCUT2D eigenvalue weighted by atomic mass is 10.2. The fourth-order valence-corrected chi connectivity index (χ4v) is 0.955. The first kappa shape index (κ1) is 20.9. The lowest BCUT2D eigenvalue weighted by molar-refractivity contribution is -0.117. The number of carbonyl (C=O) groups excluding carboxylic acids is 2. The van der Waals surface area contributed by atoms with Crippen LogP contribution in [0.2, 0.25) is 0 Å². The first-order chi connectivity index (χ1) is 9.38. The Bertz CT molecular complexity index is 577. The quantitative estimate of drug-likeness (QED) is 0.205. The van der Waals surface area contributed by atoms with Crippen LogP contribution in [0.25, 0.3) is 0 Å². The number of nitrogens with zero attached hydrogens (tertiary/aromatic N) is 2. The molecule has 0 unspecified atom stereocenters. The molecule has 0 atom stereocenters. The summed E-state index contributed by atoms with van der Waals surface area (Å²) in [6, 6.07) is 1.81. The molecule has 0 spiro atoms. The highest BCUT2D eigenvalue weighted by molar-refractivity contribution is 7.79. The highest BCUT2D eigenvalue weighted by Crippen LogP contribution is 2.03. The van der Waals surface area contributed by atoms with Gasteiger partial charge in [-0.2, -0.15) is 13.7 Å². The molecular weight excluding hydrogens is 304 g/mol. The number of likely N-dealkylation sites (N-methyl/N-ethyl adjacent to an activating group) is 1. The summed E-state index contributed by atoms with van der Waals surface area (Å²) in [6.45, 7) is 0. The van der Waals surface area contributed by atoms with Gasteiger partial charge in [0.15, 0.2) is 0 Å². The molecular formula is C10H16N4O6S. The van der Waals surface area contributed by atoms with Crippen LogP contribution >= 0.6 is 0 Å². The molecule has 118 valence electrons. The fraction of sp³-hybridized carbons (Fsp3) is 0.300. The van der Waals surface area contributed by atoms with E-state index < -0.39 is 22.2 Å². The van der Waals surface area contributed by atoms with Gasteiger partial charge >= 0.3 is 10.4 Å². The zero-order valence-electron chi connectivity index (χ0n) is 11.3. The third kappa shape index (κ3) is 15.5. The van der Waals surface area contributed by atoms with Crippen LogP contribution in [-0.4, -0.2) is 48.3 Å². The number of carbonyl (C=O) groups is 2. The Hall–Kier alpha value is -2.42. The Morgan fingerprint density at radius 2 is 1.67 bits per heavy atom. The Kier molecular flexibility index (Phi) is 9.43. The van der Waals surface area contributed by atoms with E-state index in [4.69, 9.17) is 34.3 Å². The Morgan fingerprint density at radius 1 is 1.24 bits per heavy atom. The van der Waals surface area contributed by atoms with Crippen molar-refractivity contribution in [3.63, 3.8) is 0 Å². The summed E-state index contributed by atoms with van der Waals surface area (Å²) in [4.78, 5) is 23.1. The molecule has 0 saturated carbocycles. The molecule has 6 N–H and O–H groups in total. The minimum absolute atomic E-state index is 0.160. The molecule has 2 amide bonds. The number of nitrogens with two attached hydrogens (primary N) is 2. The molecule has 21 heavy (non-hydrogen) atoms. The summed E-state index contributed by atoms with van der Waals surface area (Å²) >= 11 is 0. The van der Waals surface area contributed by atoms with Crippen LogP contribution in [0.1, 0.15) is 6.42 Å². The minimum atomic E-state index is -4.67. The van der Waals surface area contributed by atoms with Crippen molar-refractivity contribution in [3.05, 3.63) is 23.4 Å². The number of hydrogen-bond acceptors (Lipinski definition) is 6. The van der Waals surface area contributed by atoms with Crippen LogP contribution < -0.4 is 11.5 Å². The molecule has 0 aliphatic heterocycles. The van der Waals surface area contributed by atoms with Crippen LogP contribution in [-0.2, 0) is 20.0 Å². The van der Waals surface area contributed by atoms with E-state index in [0.29, 0.717) is 0 Å². The molecule has 0 saturated heterocycles. The molecule has 11 heteroatoms. The summed E-state index contributed by atoms with van der Waals surface area (Å²) in [6.07, 6.45) is 2.57. The van der Waals surface area contributed by atoms with Gasteiger partial charge in [0.2, 0.25) is 5.91 Å². The van der Waals surface area contributed by atoms with Gasteiger partial charge in [-0.1, -0.05) is 0 Å². The second-order valence-corrected chi connectivity index (χ2v) is 4.60. The van der Waals surface area contributed by atoms with Crippen molar-refractivity contribution in [3.8, 4) is 6.07 Å². The molecule has 0 aliphatic rings. The standard InChI is InChI=1S/C10H14N4O2.H2O4S/c1-14(2)8(10(13)16)4-3-7(6-11)5-9(12)15;1-5(2,3)4/h3-4H,5H2,1-2H3,(H2,12,15)(H2,13,16);(H2,1,2,3,4). The van der Waals surface area contributed by atoms with Crippen molar-refractivity contribution in [1.29, 1.82) is 5.26 Å². The highest BCUT2D eigenvalue weighted by atomic mass is 32.3. The zero-order valence-corrected chi connectivity index (χ0v) is 12.2. The lowest BCUT2D eigenvalue weighted by Gasteiger charge is -2.12. The molecule has 0 rings (SSSR count). The van der Waals surface area contributed by atoms with Crippen LogP contribution in [0, 0.1) is 11.3 Å². The van der Waals surface area contributed by atoms with Crippen LogP contribution in [0.3, 0.4) is 0 Å². The maximum absolute atomic E-state index is 11.0. The monoisotopic (exact) mass is 320 g/mol. The van der Waals surface area contributed by atoms with Crippen LogP contribution in [0.15, 0.2) is 23.4 Å². The molecule has 0 aromatic heterocycles. The van der Waals surface area contributed by atoms with Gasteiger partial charge in [-0.3, -0.25) is 18.7 Å². The topological polar surface area (TPSA) is 188 Å². The highest BCUT2D eigenvalue weighted by Gasteiger charge is 2.06. The Balaban J connectivity index is 0. The largest absolute Gasteiger partial charge is 0.394 e. The number of primary amides is 2. The van der Waals surface area contributed by atoms with Gasteiger partial charge in [0.05, 0.1) is 12.5 Å². The summed E-state index contributed by atoms with van der Waals surface area (Å²) in [5, 5.41) is 8.68. The maximum Gasteiger partial charge on any atom is 0.394 e. The van der Waals surface area contributed by atoms with Crippen molar-refractivity contribution >= 4 is 22.2 Å². The third-order valence-electron chi connectivity index (χ3n) is 1.68. The molecule has 0 heterocycles. The van der Waals surface area contributed by atoms with Crippen molar-refractivity contribution < 1.29 is 27.1 Å². The van der Waals surface area contributed by atoms with E-state index in [2.05, 4.69) is 0 Å². The van der Waals surface area contributed by atoms with Crippen LogP contribution in [0.5, 0.6) is 0 Å². The number of allylic oxidation sites excluding steroid dienone is 2. The van der Waals surface area contributed by atoms with Crippen LogP contribution in [0.4, 0.5) is 0 Å². The predicted octanol–water partition coefficient (Wildman–Crippen LogP) is -1.41. The van der Waals surface area contributed by atoms with E-state index in [1.165, 1.54) is 17.1 Å². The predicted molar refractivity (Wildman–Crippen MR) is 72.6 cm³/mol. The van der Waals surface area contributed by atoms with Gasteiger partial charge in [0.1, 0.15) is 5.70 Å². The second-order valence-electron chi connectivity index (χ2n) is 3.71. The maximum atomic E-state index is 11.0. The Labute approximate surface area is 121 Å². The summed E-state index contributed by atoms with van der Waals surface area (Å²) in [5.41, 5.74) is 10.5. The molecule has 10 nitrogen and oxygen atoms in total. The smallest absolute Gasteiger partial charge is 0.373 e. The average Bonchev–Trinajstić information content (AvgIpc) is 2.23. The van der Waals surface area contributed by atoms with E-state index >= 15 is 0 Å². The molecule has 0 bridgehead atoms. The first-order valence-electron chi connectivity index (χ1n) is 5.14. The van der Waals surface area contributed by atoms with Crippen molar-refractivity contribution in [2.45, 2.75) is 6.42 Å². The molecule has 0 aromatic rings. The number of amides is 2. The van der Waals surface area contributed by atoms with Gasteiger partial charge < -0.3 is 16.4 Å². The van der Waals surface area contributed by atoms with Gasteiger partial charge in [-0.15, -0.1) is 0 Å². The molecule has 0 aromatic carbocycles. The van der Waals surface area contributed by atoms with E-state index in [1.807, 2.05) is 6.07 Å².